The van der Waals surface area contributed by atoms with Crippen LogP contribution in [0, 0.1) is 0 Å². The molecule has 0 spiro atoms. The van der Waals surface area contributed by atoms with E-state index in [2.05, 4.69) is 8.70 Å². The first-order valence-corrected chi connectivity index (χ1v) is 7.80. The van der Waals surface area contributed by atoms with Gasteiger partial charge in [0.2, 0.25) is 28.8 Å². The third-order valence-electron chi connectivity index (χ3n) is 3.05. The van der Waals surface area contributed by atoms with Crippen LogP contribution in [0.1, 0.15) is 15.9 Å². The van der Waals surface area contributed by atoms with E-state index in [9.17, 15) is 38.7 Å². The number of carbonyl (C=O) groups excluding carboxylic acids is 1. The van der Waals surface area contributed by atoms with Gasteiger partial charge in [-0.1, -0.05) is 12.1 Å². The fourth-order valence-electron chi connectivity index (χ4n) is 1.93. The average molecular weight is 383 g/mol. The van der Waals surface area contributed by atoms with Crippen LogP contribution in [0.4, 0.5) is 0 Å². The number of para-hydroxylation sites is 1. The number of benzene rings is 2. The van der Waals surface area contributed by atoms with Gasteiger partial charge in [-0.05, 0) is 17.7 Å². The second-order valence-corrected chi connectivity index (χ2v) is 5.81. The monoisotopic (exact) mass is 383 g/mol. The number of ketones is 1. The van der Waals surface area contributed by atoms with Crippen LogP contribution in [0.3, 0.4) is 0 Å². The van der Waals surface area contributed by atoms with E-state index in [1.165, 1.54) is 12.1 Å². The van der Waals surface area contributed by atoms with Crippen LogP contribution in [0.25, 0.3) is 10.4 Å². The van der Waals surface area contributed by atoms with Crippen molar-refractivity contribution in [2.75, 3.05) is 0 Å². The normalized spacial score (nSPS) is 10.8. The molecule has 0 aromatic heterocycles. The summed E-state index contributed by atoms with van der Waals surface area (Å²) in [5, 5.41) is 48.6. The molecule has 5 N–H and O–H groups in total. The van der Waals surface area contributed by atoms with Gasteiger partial charge in [0.05, 0.1) is 10.1 Å². The van der Waals surface area contributed by atoms with Crippen LogP contribution in [0.2, 0.25) is 0 Å². The molecule has 0 radical (unpaired) electrons. The standard InChI is InChI=1S/C13H9N3O9S/c14-15-16-26(23,24)25-13-7(9(19)10(20)11(21)12(13)22)8(18)5-3-1-2-4-6(5)17/h1-4,17,19-22H. The highest BCUT2D eigenvalue weighted by Gasteiger charge is 2.33. The quantitative estimate of drug-likeness (QED) is 0.126. The van der Waals surface area contributed by atoms with Crippen molar-refractivity contribution in [3.05, 3.63) is 45.8 Å². The van der Waals surface area contributed by atoms with E-state index in [0.717, 1.165) is 12.1 Å². The number of nitrogens with zero attached hydrogens (tertiary/aromatic N) is 3. The van der Waals surface area contributed by atoms with Crippen molar-refractivity contribution in [3.63, 3.8) is 0 Å². The van der Waals surface area contributed by atoms with Gasteiger partial charge in [-0.3, -0.25) is 4.79 Å². The zero-order valence-corrected chi connectivity index (χ0v) is 13.2. The van der Waals surface area contributed by atoms with E-state index in [1.807, 2.05) is 4.91 Å². The van der Waals surface area contributed by atoms with E-state index in [-0.39, 0.29) is 0 Å². The van der Waals surface area contributed by atoms with Crippen LogP contribution >= 0.6 is 0 Å². The summed E-state index contributed by atoms with van der Waals surface area (Å²) in [6, 6.07) is 4.87. The van der Waals surface area contributed by atoms with E-state index in [4.69, 9.17) is 5.53 Å². The molecule has 0 atom stereocenters. The Morgan fingerprint density at radius 1 is 1.00 bits per heavy atom. The molecule has 13 heteroatoms. The van der Waals surface area contributed by atoms with Gasteiger partial charge >= 0.3 is 10.3 Å². The molecular formula is C13H9N3O9S. The molecule has 0 fully saturated rings. The maximum absolute atomic E-state index is 12.6. The van der Waals surface area contributed by atoms with Crippen molar-refractivity contribution in [2.24, 2.45) is 4.52 Å². The summed E-state index contributed by atoms with van der Waals surface area (Å²) in [6.45, 7) is 0. The molecule has 0 heterocycles. The zero-order chi connectivity index (χ0) is 19.6. The van der Waals surface area contributed by atoms with E-state index in [1.54, 1.807) is 0 Å². The molecular weight excluding hydrogens is 374 g/mol. The molecule has 0 amide bonds. The van der Waals surface area contributed by atoms with Crippen molar-refractivity contribution < 1.29 is 42.9 Å². The summed E-state index contributed by atoms with van der Waals surface area (Å²) >= 11 is 0. The Morgan fingerprint density at radius 2 is 1.58 bits per heavy atom. The van der Waals surface area contributed by atoms with Crippen LogP contribution in [0.5, 0.6) is 34.5 Å². The molecule has 2 rings (SSSR count). The highest BCUT2D eigenvalue weighted by Crippen LogP contribution is 2.52. The lowest BCUT2D eigenvalue weighted by atomic mass is 9.99. The summed E-state index contributed by atoms with van der Waals surface area (Å²) in [4.78, 5) is 14.5. The highest BCUT2D eigenvalue weighted by molar-refractivity contribution is 7.85. The molecule has 12 nitrogen and oxygen atoms in total. The van der Waals surface area contributed by atoms with Crippen molar-refractivity contribution in [1.82, 2.24) is 0 Å². The van der Waals surface area contributed by atoms with Gasteiger partial charge in [-0.15, -0.1) is 0 Å². The van der Waals surface area contributed by atoms with Crippen molar-refractivity contribution in [1.29, 1.82) is 0 Å². The first-order valence-electron chi connectivity index (χ1n) is 6.44. The summed E-state index contributed by atoms with van der Waals surface area (Å²) in [5.74, 6) is -8.71. The molecule has 0 saturated heterocycles. The number of hydrogen-bond acceptors (Lipinski definition) is 9. The molecule has 0 saturated carbocycles. The Morgan fingerprint density at radius 3 is 2.15 bits per heavy atom. The second-order valence-electron chi connectivity index (χ2n) is 4.63. The lowest BCUT2D eigenvalue weighted by molar-refractivity contribution is 0.103. The Kier molecular flexibility index (Phi) is 4.69. The fraction of sp³-hybridized carbons (Fsp3) is 0. The minimum Gasteiger partial charge on any atom is -0.507 e. The summed E-state index contributed by atoms with van der Waals surface area (Å²) in [6.07, 6.45) is 0. The van der Waals surface area contributed by atoms with Gasteiger partial charge < -0.3 is 29.7 Å². The summed E-state index contributed by atoms with van der Waals surface area (Å²) in [5.41, 5.74) is 6.62. The molecule has 0 aliphatic rings. The lowest BCUT2D eigenvalue weighted by Crippen LogP contribution is -2.11. The molecule has 0 aliphatic carbocycles. The highest BCUT2D eigenvalue weighted by atomic mass is 32.2. The number of phenols is 5. The van der Waals surface area contributed by atoms with E-state index < -0.39 is 61.7 Å². The third-order valence-corrected chi connectivity index (χ3v) is 3.70. The van der Waals surface area contributed by atoms with Gasteiger partial charge in [0.15, 0.2) is 5.75 Å². The number of phenolic OH excluding ortho intramolecular Hbond substituents is 5. The molecule has 2 aromatic rings. The van der Waals surface area contributed by atoms with E-state index in [0.29, 0.717) is 0 Å². The van der Waals surface area contributed by atoms with Crippen molar-refractivity contribution in [3.8, 4) is 34.5 Å². The first-order chi connectivity index (χ1) is 12.1. The van der Waals surface area contributed by atoms with Crippen LogP contribution < -0.4 is 4.18 Å². The van der Waals surface area contributed by atoms with Gasteiger partial charge in [0, 0.05) is 4.91 Å². The van der Waals surface area contributed by atoms with E-state index >= 15 is 0 Å². The third kappa shape index (κ3) is 3.19. The molecule has 26 heavy (non-hydrogen) atoms. The molecule has 136 valence electrons. The molecule has 2 aromatic carbocycles. The topological polar surface area (TPSA) is 210 Å². The summed E-state index contributed by atoms with van der Waals surface area (Å²) < 4.78 is 29.6. The number of carbonyl (C=O) groups is 1. The van der Waals surface area contributed by atoms with Crippen LogP contribution in [-0.2, 0) is 10.3 Å². The molecule has 0 unspecified atom stereocenters. The number of azide groups is 1. The largest absolute Gasteiger partial charge is 0.507 e. The van der Waals surface area contributed by atoms with Gasteiger partial charge in [-0.25, -0.2) is 0 Å². The predicted octanol–water partition coefficient (Wildman–Crippen LogP) is 1.38. The molecule has 0 aliphatic heterocycles. The van der Waals surface area contributed by atoms with Gasteiger partial charge in [-0.2, -0.15) is 8.42 Å². The van der Waals surface area contributed by atoms with Gasteiger partial charge in [0.25, 0.3) is 0 Å². The number of hydrogen-bond donors (Lipinski definition) is 5. The van der Waals surface area contributed by atoms with Crippen LogP contribution in [0.15, 0.2) is 28.8 Å². The SMILES string of the molecule is [N-]=[N+]=NS(=O)(=O)Oc1c(O)c(O)c(O)c(O)c1C(=O)c1ccccc1O. The maximum Gasteiger partial charge on any atom is 0.403 e. The average Bonchev–Trinajstić information content (AvgIpc) is 2.57. The summed E-state index contributed by atoms with van der Waals surface area (Å²) in [7, 11) is -5.07. The number of aromatic hydroxyl groups is 5. The lowest BCUT2D eigenvalue weighted by Gasteiger charge is -2.15. The minimum absolute atomic E-state index is 0.460. The predicted molar refractivity (Wildman–Crippen MR) is 83.3 cm³/mol. The Hall–Kier alpha value is -3.83. The fourth-order valence-corrected chi connectivity index (χ4v) is 2.43. The zero-order valence-electron chi connectivity index (χ0n) is 12.4. The smallest absolute Gasteiger partial charge is 0.403 e. The Bertz CT molecular complexity index is 1060. The molecule has 0 bridgehead atoms. The van der Waals surface area contributed by atoms with Crippen molar-refractivity contribution >= 4 is 16.1 Å². The Labute approximate surface area is 144 Å². The Balaban J connectivity index is 2.82. The minimum atomic E-state index is -5.07. The van der Waals surface area contributed by atoms with Crippen molar-refractivity contribution in [2.45, 2.75) is 0 Å². The number of rotatable bonds is 5. The van der Waals surface area contributed by atoms with Gasteiger partial charge in [0.1, 0.15) is 11.3 Å². The first kappa shape index (κ1) is 18.5. The second kappa shape index (κ2) is 6.58. The van der Waals surface area contributed by atoms with Crippen LogP contribution in [-0.4, -0.2) is 39.7 Å². The maximum atomic E-state index is 12.6.